The maximum absolute atomic E-state index is 13.3. The number of anilines is 2. The summed E-state index contributed by atoms with van der Waals surface area (Å²) in [6.07, 6.45) is 1.02. The molecule has 9 heteroatoms. The second-order valence-electron chi connectivity index (χ2n) is 7.90. The number of hydrogen-bond acceptors (Lipinski definition) is 5. The van der Waals surface area contributed by atoms with Gasteiger partial charge in [-0.2, -0.15) is 4.31 Å². The molecule has 164 valence electrons. The monoisotopic (exact) mass is 443 g/mol. The Labute approximate surface area is 181 Å². The summed E-state index contributed by atoms with van der Waals surface area (Å²) in [4.78, 5) is 26.5. The third kappa shape index (κ3) is 3.90. The van der Waals surface area contributed by atoms with E-state index in [-0.39, 0.29) is 23.3 Å². The highest BCUT2D eigenvalue weighted by Crippen LogP contribution is 2.35. The predicted molar refractivity (Wildman–Crippen MR) is 117 cm³/mol. The van der Waals surface area contributed by atoms with Crippen molar-refractivity contribution in [2.75, 3.05) is 30.4 Å². The van der Waals surface area contributed by atoms with Gasteiger partial charge in [-0.15, -0.1) is 0 Å². The van der Waals surface area contributed by atoms with E-state index < -0.39 is 16.1 Å². The number of ether oxygens (including phenoxy) is 1. The molecule has 1 atom stereocenters. The summed E-state index contributed by atoms with van der Waals surface area (Å²) in [5.74, 6) is -0.265. The number of nitrogens with one attached hydrogen (secondary N) is 1. The van der Waals surface area contributed by atoms with Crippen molar-refractivity contribution in [1.29, 1.82) is 0 Å². The standard InChI is InChI=1S/C22H25N3O5S/c1-14-11-17-19(30-15(2)22(27)23-17)12-20(14)31(28,29)24(3)13-21(26)25-10-6-8-16-7-4-5-9-18(16)25/h4-5,7,9,11-12,15H,6,8,10,13H2,1-3H3,(H,23,27)/t15-/m1/s1. The Kier molecular flexibility index (Phi) is 5.49. The van der Waals surface area contributed by atoms with Crippen LogP contribution in [-0.4, -0.2) is 50.8 Å². The van der Waals surface area contributed by atoms with E-state index in [2.05, 4.69) is 5.32 Å². The lowest BCUT2D eigenvalue weighted by atomic mass is 10.0. The van der Waals surface area contributed by atoms with Crippen molar-refractivity contribution in [2.24, 2.45) is 0 Å². The zero-order valence-electron chi connectivity index (χ0n) is 17.7. The zero-order chi connectivity index (χ0) is 22.3. The fourth-order valence-electron chi connectivity index (χ4n) is 3.94. The Hall–Kier alpha value is -2.91. The smallest absolute Gasteiger partial charge is 0.265 e. The first-order valence-electron chi connectivity index (χ1n) is 10.2. The molecule has 2 aromatic carbocycles. The molecule has 0 fully saturated rings. The van der Waals surface area contributed by atoms with Gasteiger partial charge in [0.1, 0.15) is 5.75 Å². The highest BCUT2D eigenvalue weighted by molar-refractivity contribution is 7.89. The highest BCUT2D eigenvalue weighted by atomic mass is 32.2. The lowest BCUT2D eigenvalue weighted by Gasteiger charge is -2.31. The van der Waals surface area contributed by atoms with Crippen molar-refractivity contribution in [2.45, 2.75) is 37.7 Å². The Morgan fingerprint density at radius 3 is 2.81 bits per heavy atom. The van der Waals surface area contributed by atoms with Crippen LogP contribution in [0.4, 0.5) is 11.4 Å². The Morgan fingerprint density at radius 1 is 1.29 bits per heavy atom. The van der Waals surface area contributed by atoms with E-state index in [0.29, 0.717) is 23.5 Å². The van der Waals surface area contributed by atoms with Gasteiger partial charge in [-0.1, -0.05) is 18.2 Å². The van der Waals surface area contributed by atoms with E-state index in [1.54, 1.807) is 24.8 Å². The van der Waals surface area contributed by atoms with Gasteiger partial charge < -0.3 is 15.0 Å². The van der Waals surface area contributed by atoms with Crippen LogP contribution in [0.5, 0.6) is 5.75 Å². The number of sulfonamides is 1. The number of benzene rings is 2. The molecule has 0 aliphatic carbocycles. The first-order chi connectivity index (χ1) is 14.7. The average Bonchev–Trinajstić information content (AvgIpc) is 2.74. The number of carbonyl (C=O) groups excluding carboxylic acids is 2. The maximum atomic E-state index is 13.3. The van der Waals surface area contributed by atoms with E-state index >= 15 is 0 Å². The zero-order valence-corrected chi connectivity index (χ0v) is 18.5. The molecule has 0 saturated heterocycles. The third-order valence-corrected chi connectivity index (χ3v) is 7.61. The van der Waals surface area contributed by atoms with E-state index in [1.807, 2.05) is 24.3 Å². The van der Waals surface area contributed by atoms with Crippen LogP contribution in [0, 0.1) is 6.92 Å². The number of carbonyl (C=O) groups is 2. The molecule has 0 spiro atoms. The maximum Gasteiger partial charge on any atom is 0.265 e. The number of nitrogens with zero attached hydrogens (tertiary/aromatic N) is 2. The van der Waals surface area contributed by atoms with Crippen molar-refractivity contribution in [3.05, 3.63) is 47.5 Å². The lowest BCUT2D eigenvalue weighted by molar-refractivity contribution is -0.122. The topological polar surface area (TPSA) is 96.0 Å². The number of likely N-dealkylation sites (N-methyl/N-ethyl adjacent to an activating group) is 1. The second-order valence-corrected chi connectivity index (χ2v) is 9.92. The Balaban J connectivity index is 1.58. The van der Waals surface area contributed by atoms with Crippen LogP contribution in [0.3, 0.4) is 0 Å². The molecular formula is C22H25N3O5S. The van der Waals surface area contributed by atoms with Gasteiger partial charge in [0.15, 0.2) is 6.10 Å². The number of hydrogen-bond donors (Lipinski definition) is 1. The van der Waals surface area contributed by atoms with Crippen molar-refractivity contribution >= 4 is 33.2 Å². The van der Waals surface area contributed by atoms with Crippen LogP contribution >= 0.6 is 0 Å². The van der Waals surface area contributed by atoms with Gasteiger partial charge in [-0.05, 0) is 49.9 Å². The van der Waals surface area contributed by atoms with Gasteiger partial charge in [0.05, 0.1) is 17.1 Å². The summed E-state index contributed by atoms with van der Waals surface area (Å²) in [7, 11) is -2.56. The van der Waals surface area contributed by atoms with Crippen molar-refractivity contribution in [1.82, 2.24) is 4.31 Å². The summed E-state index contributed by atoms with van der Waals surface area (Å²) in [6.45, 7) is 3.52. The van der Waals surface area contributed by atoms with E-state index in [4.69, 9.17) is 4.74 Å². The summed E-state index contributed by atoms with van der Waals surface area (Å²) in [5.41, 5.74) is 2.82. The van der Waals surface area contributed by atoms with Gasteiger partial charge in [0.25, 0.3) is 5.91 Å². The van der Waals surface area contributed by atoms with Gasteiger partial charge in [0, 0.05) is 25.3 Å². The van der Waals surface area contributed by atoms with Crippen LogP contribution in [-0.2, 0) is 26.0 Å². The van der Waals surface area contributed by atoms with Crippen LogP contribution in [0.1, 0.15) is 24.5 Å². The van der Waals surface area contributed by atoms with Crippen LogP contribution in [0.25, 0.3) is 0 Å². The van der Waals surface area contributed by atoms with Crippen molar-refractivity contribution in [3.8, 4) is 5.75 Å². The summed E-state index contributed by atoms with van der Waals surface area (Å²) >= 11 is 0. The average molecular weight is 444 g/mol. The molecule has 2 amide bonds. The minimum absolute atomic E-state index is 0.0453. The number of amides is 2. The van der Waals surface area contributed by atoms with E-state index in [0.717, 1.165) is 28.4 Å². The highest BCUT2D eigenvalue weighted by Gasteiger charge is 2.31. The van der Waals surface area contributed by atoms with E-state index in [1.165, 1.54) is 13.1 Å². The van der Waals surface area contributed by atoms with Gasteiger partial charge in [-0.25, -0.2) is 8.42 Å². The Morgan fingerprint density at radius 2 is 2.03 bits per heavy atom. The Bertz CT molecular complexity index is 1160. The quantitative estimate of drug-likeness (QED) is 0.782. The summed E-state index contributed by atoms with van der Waals surface area (Å²) in [5, 5.41) is 2.71. The lowest BCUT2D eigenvalue weighted by Crippen LogP contribution is -2.43. The van der Waals surface area contributed by atoms with Gasteiger partial charge >= 0.3 is 0 Å². The molecule has 8 nitrogen and oxygen atoms in total. The number of rotatable bonds is 4. The molecule has 2 aliphatic heterocycles. The van der Waals surface area contributed by atoms with Crippen LogP contribution in [0.15, 0.2) is 41.3 Å². The number of fused-ring (bicyclic) bond motifs is 2. The molecule has 2 heterocycles. The van der Waals surface area contributed by atoms with Crippen molar-refractivity contribution in [3.63, 3.8) is 0 Å². The first kappa shape index (κ1) is 21.3. The molecule has 2 aromatic rings. The molecule has 0 aromatic heterocycles. The van der Waals surface area contributed by atoms with E-state index in [9.17, 15) is 18.0 Å². The summed E-state index contributed by atoms with van der Waals surface area (Å²) < 4.78 is 33.1. The molecule has 0 unspecified atom stereocenters. The molecule has 0 saturated carbocycles. The number of aryl methyl sites for hydroxylation is 2. The minimum Gasteiger partial charge on any atom is -0.479 e. The summed E-state index contributed by atoms with van der Waals surface area (Å²) in [6, 6.07) is 10.7. The SMILES string of the molecule is Cc1cc2c(cc1S(=O)(=O)N(C)CC(=O)N1CCCc3ccccc31)O[C@H](C)C(=O)N2. The van der Waals surface area contributed by atoms with Crippen molar-refractivity contribution < 1.29 is 22.7 Å². The molecule has 4 rings (SSSR count). The first-order valence-corrected chi connectivity index (χ1v) is 11.6. The number of para-hydroxylation sites is 1. The fourth-order valence-corrected chi connectivity index (χ4v) is 5.28. The third-order valence-electron chi connectivity index (χ3n) is 5.67. The molecule has 0 radical (unpaired) electrons. The van der Waals surface area contributed by atoms with Crippen LogP contribution < -0.4 is 15.0 Å². The second kappa shape index (κ2) is 7.97. The molecule has 1 N–H and O–H groups in total. The predicted octanol–water partition coefficient (Wildman–Crippen LogP) is 2.31. The molecule has 31 heavy (non-hydrogen) atoms. The largest absolute Gasteiger partial charge is 0.479 e. The van der Waals surface area contributed by atoms with Gasteiger partial charge in [-0.3, -0.25) is 9.59 Å². The van der Waals surface area contributed by atoms with Crippen LogP contribution in [0.2, 0.25) is 0 Å². The fraction of sp³-hybridized carbons (Fsp3) is 0.364. The molecular weight excluding hydrogens is 418 g/mol. The molecule has 0 bridgehead atoms. The molecule has 2 aliphatic rings. The van der Waals surface area contributed by atoms with Gasteiger partial charge in [0.2, 0.25) is 15.9 Å². The normalized spacial score (nSPS) is 18.1. The minimum atomic E-state index is -3.95.